The van der Waals surface area contributed by atoms with Crippen LogP contribution in [0.2, 0.25) is 0 Å². The first-order chi connectivity index (χ1) is 10.1. The average Bonchev–Trinajstić information content (AvgIpc) is 2.49. The molecule has 0 aromatic heterocycles. The fourth-order valence-electron chi connectivity index (χ4n) is 2.30. The summed E-state index contributed by atoms with van der Waals surface area (Å²) < 4.78 is 0. The van der Waals surface area contributed by atoms with Gasteiger partial charge in [-0.1, -0.05) is 39.3 Å². The number of rotatable bonds is 10. The minimum atomic E-state index is -0.302. The molecule has 0 aliphatic heterocycles. The Hall–Kier alpha value is -1.62. The Kier molecular flexibility index (Phi) is 7.75. The molecule has 0 aliphatic carbocycles. The second kappa shape index (κ2) is 9.34. The van der Waals surface area contributed by atoms with E-state index in [-0.39, 0.29) is 10.6 Å². The summed E-state index contributed by atoms with van der Waals surface area (Å²) in [5, 5.41) is 14.4. The predicted molar refractivity (Wildman–Crippen MR) is 87.7 cm³/mol. The smallest absolute Gasteiger partial charge is 0.292 e. The standard InChI is InChI=1S/C16H27N3O2/c1-4-7-12-18(6-3)13-14-9-8-10-15(19(20)21)16(14)17-11-5-2/h8-10,17H,4-7,11-13H2,1-3H3. The minimum absolute atomic E-state index is 0.174. The maximum Gasteiger partial charge on any atom is 0.292 e. The van der Waals surface area contributed by atoms with Crippen LogP contribution in [-0.2, 0) is 6.54 Å². The SMILES string of the molecule is CCCCN(CC)Cc1cccc([N+](=O)[O-])c1NCCC. The van der Waals surface area contributed by atoms with Gasteiger partial charge in [0.05, 0.1) is 4.92 Å². The van der Waals surface area contributed by atoms with Crippen molar-refractivity contribution in [2.45, 2.75) is 46.6 Å². The molecule has 21 heavy (non-hydrogen) atoms. The Morgan fingerprint density at radius 3 is 2.57 bits per heavy atom. The molecule has 1 rings (SSSR count). The Bertz CT molecular complexity index is 449. The number of para-hydroxylation sites is 1. The van der Waals surface area contributed by atoms with Crippen molar-refractivity contribution in [2.24, 2.45) is 0 Å². The molecule has 1 aromatic rings. The number of hydrogen-bond donors (Lipinski definition) is 1. The molecule has 0 fully saturated rings. The van der Waals surface area contributed by atoms with E-state index in [4.69, 9.17) is 0 Å². The van der Waals surface area contributed by atoms with Gasteiger partial charge >= 0.3 is 0 Å². The maximum absolute atomic E-state index is 11.2. The van der Waals surface area contributed by atoms with Crippen LogP contribution in [0.3, 0.4) is 0 Å². The number of anilines is 1. The Labute approximate surface area is 127 Å². The first-order valence-corrected chi connectivity index (χ1v) is 7.86. The lowest BCUT2D eigenvalue weighted by Gasteiger charge is -2.22. The van der Waals surface area contributed by atoms with Crippen molar-refractivity contribution in [2.75, 3.05) is 25.0 Å². The molecule has 0 saturated heterocycles. The third kappa shape index (κ3) is 5.34. The molecule has 0 atom stereocenters. The number of nitrogens with zero attached hydrogens (tertiary/aromatic N) is 2. The molecule has 5 heteroatoms. The van der Waals surface area contributed by atoms with Crippen LogP contribution in [0.25, 0.3) is 0 Å². The maximum atomic E-state index is 11.2. The molecule has 1 N–H and O–H groups in total. The zero-order valence-corrected chi connectivity index (χ0v) is 13.4. The fraction of sp³-hybridized carbons (Fsp3) is 0.625. The van der Waals surface area contributed by atoms with Gasteiger partial charge in [-0.3, -0.25) is 15.0 Å². The van der Waals surface area contributed by atoms with Gasteiger partial charge in [-0.15, -0.1) is 0 Å². The number of nitro groups is 1. The van der Waals surface area contributed by atoms with E-state index in [9.17, 15) is 10.1 Å². The van der Waals surface area contributed by atoms with Crippen LogP contribution in [0, 0.1) is 10.1 Å². The summed E-state index contributed by atoms with van der Waals surface area (Å²) in [6.07, 6.45) is 3.26. The van der Waals surface area contributed by atoms with Crippen molar-refractivity contribution >= 4 is 11.4 Å². The molecule has 0 amide bonds. The van der Waals surface area contributed by atoms with Crippen LogP contribution in [0.4, 0.5) is 11.4 Å². The largest absolute Gasteiger partial charge is 0.379 e. The molecule has 0 saturated carbocycles. The van der Waals surface area contributed by atoms with E-state index in [1.807, 2.05) is 6.07 Å². The van der Waals surface area contributed by atoms with E-state index in [0.29, 0.717) is 5.69 Å². The summed E-state index contributed by atoms with van der Waals surface area (Å²) in [5.41, 5.74) is 1.86. The van der Waals surface area contributed by atoms with Gasteiger partial charge in [0.25, 0.3) is 5.69 Å². The molecule has 0 heterocycles. The van der Waals surface area contributed by atoms with E-state index < -0.39 is 0 Å². The zero-order chi connectivity index (χ0) is 15.7. The highest BCUT2D eigenvalue weighted by atomic mass is 16.6. The first-order valence-electron chi connectivity index (χ1n) is 7.86. The van der Waals surface area contributed by atoms with Crippen LogP contribution < -0.4 is 5.32 Å². The van der Waals surface area contributed by atoms with Crippen molar-refractivity contribution < 1.29 is 4.92 Å². The summed E-state index contributed by atoms with van der Waals surface area (Å²) in [7, 11) is 0. The summed E-state index contributed by atoms with van der Waals surface area (Å²) in [5.74, 6) is 0. The minimum Gasteiger partial charge on any atom is -0.379 e. The summed E-state index contributed by atoms with van der Waals surface area (Å²) in [6.45, 7) is 9.85. The molecular weight excluding hydrogens is 266 g/mol. The van der Waals surface area contributed by atoms with Crippen LogP contribution >= 0.6 is 0 Å². The Morgan fingerprint density at radius 2 is 2.00 bits per heavy atom. The monoisotopic (exact) mass is 293 g/mol. The van der Waals surface area contributed by atoms with E-state index >= 15 is 0 Å². The lowest BCUT2D eigenvalue weighted by Crippen LogP contribution is -2.24. The van der Waals surface area contributed by atoms with Crippen molar-refractivity contribution in [1.29, 1.82) is 0 Å². The summed E-state index contributed by atoms with van der Waals surface area (Å²) >= 11 is 0. The third-order valence-corrected chi connectivity index (χ3v) is 3.55. The molecule has 0 bridgehead atoms. The van der Waals surface area contributed by atoms with Gasteiger partial charge in [0.2, 0.25) is 0 Å². The number of nitrogens with one attached hydrogen (secondary N) is 1. The quantitative estimate of drug-likeness (QED) is 0.522. The van der Waals surface area contributed by atoms with Gasteiger partial charge in [0.15, 0.2) is 0 Å². The summed E-state index contributed by atoms with van der Waals surface area (Å²) in [6, 6.07) is 5.33. The van der Waals surface area contributed by atoms with Gasteiger partial charge in [-0.25, -0.2) is 0 Å². The molecule has 118 valence electrons. The molecule has 1 aromatic carbocycles. The summed E-state index contributed by atoms with van der Waals surface area (Å²) in [4.78, 5) is 13.2. The highest BCUT2D eigenvalue weighted by Crippen LogP contribution is 2.29. The van der Waals surface area contributed by atoms with Gasteiger partial charge in [0, 0.05) is 19.2 Å². The third-order valence-electron chi connectivity index (χ3n) is 3.55. The van der Waals surface area contributed by atoms with Gasteiger partial charge in [-0.05, 0) is 31.5 Å². The van der Waals surface area contributed by atoms with Crippen molar-refractivity contribution in [3.63, 3.8) is 0 Å². The van der Waals surface area contributed by atoms with Crippen molar-refractivity contribution in [1.82, 2.24) is 4.90 Å². The molecule has 0 aliphatic rings. The lowest BCUT2D eigenvalue weighted by atomic mass is 10.1. The zero-order valence-electron chi connectivity index (χ0n) is 13.4. The molecular formula is C16H27N3O2. The van der Waals surface area contributed by atoms with Gasteiger partial charge in [0.1, 0.15) is 5.69 Å². The van der Waals surface area contributed by atoms with Crippen molar-refractivity contribution in [3.8, 4) is 0 Å². The van der Waals surface area contributed by atoms with E-state index in [0.717, 1.165) is 51.0 Å². The van der Waals surface area contributed by atoms with E-state index in [1.165, 1.54) is 0 Å². The normalized spacial score (nSPS) is 10.9. The van der Waals surface area contributed by atoms with Crippen LogP contribution in [-0.4, -0.2) is 29.5 Å². The average molecular weight is 293 g/mol. The second-order valence-electron chi connectivity index (χ2n) is 5.22. The Balaban J connectivity index is 2.97. The molecule has 0 radical (unpaired) electrons. The molecule has 5 nitrogen and oxygen atoms in total. The lowest BCUT2D eigenvalue weighted by molar-refractivity contribution is -0.384. The molecule has 0 spiro atoms. The number of hydrogen-bond acceptors (Lipinski definition) is 4. The van der Waals surface area contributed by atoms with E-state index in [2.05, 4.69) is 31.0 Å². The topological polar surface area (TPSA) is 58.4 Å². The van der Waals surface area contributed by atoms with E-state index in [1.54, 1.807) is 12.1 Å². The number of nitro benzene ring substituents is 1. The second-order valence-corrected chi connectivity index (χ2v) is 5.22. The Morgan fingerprint density at radius 1 is 1.24 bits per heavy atom. The fourth-order valence-corrected chi connectivity index (χ4v) is 2.30. The van der Waals surface area contributed by atoms with Gasteiger partial charge in [-0.2, -0.15) is 0 Å². The van der Waals surface area contributed by atoms with Crippen molar-refractivity contribution in [3.05, 3.63) is 33.9 Å². The first kappa shape index (κ1) is 17.4. The van der Waals surface area contributed by atoms with Gasteiger partial charge < -0.3 is 5.32 Å². The molecule has 0 unspecified atom stereocenters. The van der Waals surface area contributed by atoms with Crippen LogP contribution in [0.5, 0.6) is 0 Å². The number of unbranched alkanes of at least 4 members (excludes halogenated alkanes) is 1. The number of benzene rings is 1. The predicted octanol–water partition coefficient (Wildman–Crippen LogP) is 4.04. The highest BCUT2D eigenvalue weighted by Gasteiger charge is 2.18. The van der Waals surface area contributed by atoms with Crippen LogP contribution in [0.1, 0.15) is 45.6 Å². The highest BCUT2D eigenvalue weighted by molar-refractivity contribution is 5.66. The van der Waals surface area contributed by atoms with Crippen LogP contribution in [0.15, 0.2) is 18.2 Å².